The number of para-hydroxylation sites is 1. The molecule has 146 valence electrons. The summed E-state index contributed by atoms with van der Waals surface area (Å²) in [6, 6.07) is 7.43. The van der Waals surface area contributed by atoms with Crippen molar-refractivity contribution in [3.8, 4) is 6.07 Å². The van der Waals surface area contributed by atoms with Gasteiger partial charge in [-0.15, -0.1) is 0 Å². The Bertz CT molecular complexity index is 907. The van der Waals surface area contributed by atoms with E-state index in [-0.39, 0.29) is 34.2 Å². The number of hydrogen-bond donors (Lipinski definition) is 2. The molecule has 2 amide bonds. The molecule has 0 aliphatic carbocycles. The van der Waals surface area contributed by atoms with Crippen molar-refractivity contribution in [2.24, 2.45) is 11.7 Å². The number of allylic oxidation sites excluding steroid dienone is 1. The standard InChI is InChI=1S/C17H16N4O6S/c1-2-27-17(24)14-13(9-5-3-4-6-11(9)21(25)26)10(7-18)16(20-15(14)23)28-8-12(19)22/h3-6,13-14H,2,8H2,1H3,(H2,19,22)(H,20,23). The first-order chi connectivity index (χ1) is 13.3. The monoisotopic (exact) mass is 404 g/mol. The van der Waals surface area contributed by atoms with Crippen molar-refractivity contribution in [3.63, 3.8) is 0 Å². The van der Waals surface area contributed by atoms with Gasteiger partial charge >= 0.3 is 5.97 Å². The predicted molar refractivity (Wildman–Crippen MR) is 98.4 cm³/mol. The van der Waals surface area contributed by atoms with Crippen molar-refractivity contribution in [2.75, 3.05) is 12.4 Å². The van der Waals surface area contributed by atoms with E-state index >= 15 is 0 Å². The maximum absolute atomic E-state index is 12.6. The zero-order valence-corrected chi connectivity index (χ0v) is 15.5. The second-order valence-electron chi connectivity index (χ2n) is 5.62. The van der Waals surface area contributed by atoms with Crippen LogP contribution < -0.4 is 11.1 Å². The lowest BCUT2D eigenvalue weighted by Gasteiger charge is -2.30. The van der Waals surface area contributed by atoms with Crippen molar-refractivity contribution in [2.45, 2.75) is 12.8 Å². The summed E-state index contributed by atoms with van der Waals surface area (Å²) in [7, 11) is 0. The maximum Gasteiger partial charge on any atom is 0.319 e. The van der Waals surface area contributed by atoms with Gasteiger partial charge in [0.15, 0.2) is 0 Å². The van der Waals surface area contributed by atoms with E-state index in [1.807, 2.05) is 6.07 Å². The van der Waals surface area contributed by atoms with E-state index in [1.54, 1.807) is 6.92 Å². The van der Waals surface area contributed by atoms with Crippen LogP contribution >= 0.6 is 11.8 Å². The number of nitrogens with one attached hydrogen (secondary N) is 1. The molecule has 0 saturated heterocycles. The molecule has 1 heterocycles. The number of nitrogens with two attached hydrogens (primary N) is 1. The van der Waals surface area contributed by atoms with Gasteiger partial charge in [0.05, 0.1) is 39.9 Å². The lowest BCUT2D eigenvalue weighted by Crippen LogP contribution is -2.44. The molecule has 2 rings (SSSR count). The minimum Gasteiger partial charge on any atom is -0.465 e. The number of carbonyl (C=O) groups excluding carboxylic acids is 3. The number of esters is 1. The van der Waals surface area contributed by atoms with Crippen LogP contribution in [0.4, 0.5) is 5.69 Å². The third-order valence-electron chi connectivity index (χ3n) is 3.90. The normalized spacial score (nSPS) is 18.8. The minimum atomic E-state index is -1.49. The Hall–Kier alpha value is -3.39. The number of nitro benzene ring substituents is 1. The van der Waals surface area contributed by atoms with Gasteiger partial charge in [-0.1, -0.05) is 30.0 Å². The van der Waals surface area contributed by atoms with Gasteiger partial charge in [-0.2, -0.15) is 5.26 Å². The van der Waals surface area contributed by atoms with E-state index in [2.05, 4.69) is 5.32 Å². The van der Waals surface area contributed by atoms with Crippen molar-refractivity contribution < 1.29 is 24.0 Å². The highest BCUT2D eigenvalue weighted by Crippen LogP contribution is 2.43. The van der Waals surface area contributed by atoms with Crippen LogP contribution in [0.25, 0.3) is 0 Å². The Morgan fingerprint density at radius 1 is 1.43 bits per heavy atom. The van der Waals surface area contributed by atoms with Gasteiger partial charge in [0.25, 0.3) is 5.69 Å². The fourth-order valence-corrected chi connectivity index (χ4v) is 3.61. The largest absolute Gasteiger partial charge is 0.465 e. The average Bonchev–Trinajstić information content (AvgIpc) is 2.65. The van der Waals surface area contributed by atoms with Gasteiger partial charge in [-0.3, -0.25) is 24.5 Å². The van der Waals surface area contributed by atoms with Gasteiger partial charge in [-0.05, 0) is 6.92 Å². The first-order valence-corrected chi connectivity index (χ1v) is 9.06. The molecule has 0 bridgehead atoms. The summed E-state index contributed by atoms with van der Waals surface area (Å²) in [6.45, 7) is 1.54. The number of nitriles is 1. The molecule has 1 aromatic rings. The number of nitro groups is 1. The average molecular weight is 404 g/mol. The second-order valence-corrected chi connectivity index (χ2v) is 6.61. The van der Waals surface area contributed by atoms with E-state index in [0.29, 0.717) is 0 Å². The van der Waals surface area contributed by atoms with Crippen LogP contribution in [-0.4, -0.2) is 35.1 Å². The number of thioether (sulfide) groups is 1. The molecule has 11 heteroatoms. The quantitative estimate of drug-likeness (QED) is 0.293. The summed E-state index contributed by atoms with van der Waals surface area (Å²) in [4.78, 5) is 47.0. The molecule has 2 unspecified atom stereocenters. The van der Waals surface area contributed by atoms with E-state index in [0.717, 1.165) is 11.8 Å². The third-order valence-corrected chi connectivity index (χ3v) is 4.94. The molecule has 0 fully saturated rings. The first-order valence-electron chi connectivity index (χ1n) is 8.08. The molecule has 0 radical (unpaired) electrons. The molecule has 3 N–H and O–H groups in total. The van der Waals surface area contributed by atoms with Gasteiger partial charge in [0.1, 0.15) is 5.92 Å². The molecular weight excluding hydrogens is 388 g/mol. The van der Waals surface area contributed by atoms with Crippen LogP contribution in [0.2, 0.25) is 0 Å². The summed E-state index contributed by atoms with van der Waals surface area (Å²) in [5.41, 5.74) is 4.71. The number of hydrogen-bond acceptors (Lipinski definition) is 8. The lowest BCUT2D eigenvalue weighted by molar-refractivity contribution is -0.385. The molecule has 10 nitrogen and oxygen atoms in total. The Morgan fingerprint density at radius 3 is 2.68 bits per heavy atom. The maximum atomic E-state index is 12.6. The Balaban J connectivity index is 2.69. The SMILES string of the molecule is CCOC(=O)C1C(=O)NC(SCC(N)=O)=C(C#N)C1c1ccccc1[N+](=O)[O-]. The molecule has 0 spiro atoms. The minimum absolute atomic E-state index is 0.0128. The highest BCUT2D eigenvalue weighted by molar-refractivity contribution is 8.03. The molecule has 0 saturated carbocycles. The first kappa shape index (κ1) is 20.9. The predicted octanol–water partition coefficient (Wildman–Crippen LogP) is 0.941. The summed E-state index contributed by atoms with van der Waals surface area (Å²) in [5, 5.41) is 23.6. The molecule has 28 heavy (non-hydrogen) atoms. The fourth-order valence-electron chi connectivity index (χ4n) is 2.82. The third kappa shape index (κ3) is 4.29. The highest BCUT2D eigenvalue weighted by atomic mass is 32.2. The van der Waals surface area contributed by atoms with Crippen molar-refractivity contribution in [1.82, 2.24) is 5.32 Å². The summed E-state index contributed by atoms with van der Waals surface area (Å²) < 4.78 is 4.95. The zero-order valence-electron chi connectivity index (χ0n) is 14.7. The molecule has 1 aliphatic heterocycles. The van der Waals surface area contributed by atoms with Crippen LogP contribution in [0.3, 0.4) is 0 Å². The number of benzene rings is 1. The molecular formula is C17H16N4O6S. The number of rotatable bonds is 7. The van der Waals surface area contributed by atoms with Gasteiger partial charge in [-0.25, -0.2) is 0 Å². The molecule has 2 atom stereocenters. The van der Waals surface area contributed by atoms with Crippen LogP contribution in [0.5, 0.6) is 0 Å². The number of nitrogens with zero attached hydrogens (tertiary/aromatic N) is 2. The Morgan fingerprint density at radius 2 is 2.11 bits per heavy atom. The Labute approximate surface area is 163 Å². The van der Waals surface area contributed by atoms with Gasteiger partial charge in [0.2, 0.25) is 11.8 Å². The van der Waals surface area contributed by atoms with Gasteiger partial charge < -0.3 is 15.8 Å². The molecule has 1 aliphatic rings. The molecule has 0 aromatic heterocycles. The fraction of sp³-hybridized carbons (Fsp3) is 0.294. The van der Waals surface area contributed by atoms with E-state index in [4.69, 9.17) is 10.5 Å². The zero-order chi connectivity index (χ0) is 20.8. The van der Waals surface area contributed by atoms with Crippen LogP contribution in [-0.2, 0) is 19.1 Å². The van der Waals surface area contributed by atoms with Crippen molar-refractivity contribution >= 4 is 35.2 Å². The topological polar surface area (TPSA) is 165 Å². The van der Waals surface area contributed by atoms with Crippen LogP contribution in [0.1, 0.15) is 18.4 Å². The van der Waals surface area contributed by atoms with E-state index in [9.17, 15) is 29.8 Å². The lowest BCUT2D eigenvalue weighted by atomic mass is 9.78. The van der Waals surface area contributed by atoms with Crippen LogP contribution in [0.15, 0.2) is 34.9 Å². The summed E-state index contributed by atoms with van der Waals surface area (Å²) in [6.07, 6.45) is 0. The smallest absolute Gasteiger partial charge is 0.319 e. The second kappa shape index (κ2) is 9.01. The van der Waals surface area contributed by atoms with Crippen molar-refractivity contribution in [1.29, 1.82) is 5.26 Å². The van der Waals surface area contributed by atoms with Gasteiger partial charge in [0, 0.05) is 11.6 Å². The highest BCUT2D eigenvalue weighted by Gasteiger charge is 2.46. The number of amides is 2. The van der Waals surface area contributed by atoms with Crippen LogP contribution in [0, 0.1) is 27.4 Å². The van der Waals surface area contributed by atoms with Crippen molar-refractivity contribution in [3.05, 3.63) is 50.5 Å². The molecule has 1 aromatic carbocycles. The number of ether oxygens (including phenoxy) is 1. The van der Waals surface area contributed by atoms with E-state index in [1.165, 1.54) is 24.3 Å². The summed E-state index contributed by atoms with van der Waals surface area (Å²) >= 11 is 0.810. The number of primary amides is 1. The number of carbonyl (C=O) groups is 3. The van der Waals surface area contributed by atoms with E-state index < -0.39 is 34.5 Å². The summed E-state index contributed by atoms with van der Waals surface area (Å²) in [5.74, 6) is -5.33. The Kier molecular flexibility index (Phi) is 6.73.